The van der Waals surface area contributed by atoms with Crippen molar-refractivity contribution in [2.24, 2.45) is 0 Å². The van der Waals surface area contributed by atoms with Gasteiger partial charge in [0.15, 0.2) is 5.78 Å². The van der Waals surface area contributed by atoms with Crippen LogP contribution in [0.2, 0.25) is 0 Å². The average molecular weight is 467 g/mol. The number of nitro groups is 1. The number of carbonyl (C=O) groups is 1. The second-order valence-electron chi connectivity index (χ2n) is 8.58. The number of aryl methyl sites for hydroxylation is 1. The lowest BCUT2D eigenvalue weighted by Crippen LogP contribution is -2.28. The Hall–Kier alpha value is -3.19. The molecule has 0 saturated carbocycles. The Balaban J connectivity index is 1.61. The molecule has 0 aliphatic rings. The van der Waals surface area contributed by atoms with E-state index in [1.54, 1.807) is 31.2 Å². The van der Waals surface area contributed by atoms with Crippen LogP contribution in [0.5, 0.6) is 5.75 Å². The molecule has 0 unspecified atom stereocenters. The molecule has 7 nitrogen and oxygen atoms in total. The molecule has 3 rings (SSSR count). The number of ketones is 1. The van der Waals surface area contributed by atoms with Crippen LogP contribution in [0, 0.1) is 17.0 Å². The maximum atomic E-state index is 13.2. The highest BCUT2D eigenvalue weighted by atomic mass is 16.6. The summed E-state index contributed by atoms with van der Waals surface area (Å²) in [5.74, 6) is 0.928. The molecular formula is C27H34N2O5. The highest BCUT2D eigenvalue weighted by Gasteiger charge is 2.22. The van der Waals surface area contributed by atoms with E-state index in [1.165, 1.54) is 43.9 Å². The van der Waals surface area contributed by atoms with Crippen molar-refractivity contribution in [3.8, 4) is 5.75 Å². The highest BCUT2D eigenvalue weighted by Crippen LogP contribution is 2.31. The topological polar surface area (TPSA) is 85.8 Å². The van der Waals surface area contributed by atoms with Crippen molar-refractivity contribution in [2.75, 3.05) is 26.2 Å². The van der Waals surface area contributed by atoms with Gasteiger partial charge in [0.2, 0.25) is 0 Å². The number of unbranched alkanes of at least 4 members (excludes halogenated alkanes) is 2. The van der Waals surface area contributed by atoms with Gasteiger partial charge in [-0.2, -0.15) is 0 Å². The van der Waals surface area contributed by atoms with Gasteiger partial charge in [0.25, 0.3) is 5.69 Å². The first-order chi connectivity index (χ1) is 16.4. The predicted octanol–water partition coefficient (Wildman–Crippen LogP) is 6.55. The normalized spacial score (nSPS) is 11.3. The van der Waals surface area contributed by atoms with Crippen LogP contribution in [0.1, 0.15) is 67.6 Å². The largest absolute Gasteiger partial charge is 0.494 e. The summed E-state index contributed by atoms with van der Waals surface area (Å²) < 4.78 is 11.6. The fourth-order valence-corrected chi connectivity index (χ4v) is 4.03. The Labute approximate surface area is 200 Å². The smallest absolute Gasteiger partial charge is 0.270 e. The summed E-state index contributed by atoms with van der Waals surface area (Å²) in [6, 6.07) is 11.3. The van der Waals surface area contributed by atoms with Gasteiger partial charge >= 0.3 is 0 Å². The number of furan rings is 1. The van der Waals surface area contributed by atoms with Crippen LogP contribution in [0.4, 0.5) is 5.69 Å². The maximum absolute atomic E-state index is 13.2. The van der Waals surface area contributed by atoms with Gasteiger partial charge in [0.1, 0.15) is 17.1 Å². The SMILES string of the molecule is CCCCN(CCCC)CCCOc1ccc(C(=O)c2c(C)oc3ccc([N+](=O)[O-])cc23)cc1. The number of rotatable bonds is 14. The molecule has 0 radical (unpaired) electrons. The van der Waals surface area contributed by atoms with E-state index >= 15 is 0 Å². The molecule has 0 bridgehead atoms. The van der Waals surface area contributed by atoms with E-state index in [9.17, 15) is 14.9 Å². The van der Waals surface area contributed by atoms with E-state index in [4.69, 9.17) is 9.15 Å². The molecule has 1 heterocycles. The van der Waals surface area contributed by atoms with Crippen molar-refractivity contribution in [2.45, 2.75) is 52.9 Å². The van der Waals surface area contributed by atoms with E-state index < -0.39 is 4.92 Å². The van der Waals surface area contributed by atoms with Crippen LogP contribution in [0.15, 0.2) is 46.9 Å². The summed E-state index contributed by atoms with van der Waals surface area (Å²) in [7, 11) is 0. The quantitative estimate of drug-likeness (QED) is 0.116. The van der Waals surface area contributed by atoms with Gasteiger partial charge in [0.05, 0.1) is 17.1 Å². The van der Waals surface area contributed by atoms with Gasteiger partial charge in [-0.1, -0.05) is 26.7 Å². The third-order valence-corrected chi connectivity index (χ3v) is 5.95. The highest BCUT2D eigenvalue weighted by molar-refractivity contribution is 6.17. The molecule has 0 atom stereocenters. The number of hydrogen-bond acceptors (Lipinski definition) is 6. The first kappa shape index (κ1) is 25.4. The lowest BCUT2D eigenvalue weighted by Gasteiger charge is -2.21. The van der Waals surface area contributed by atoms with Crippen LogP contribution in [-0.2, 0) is 0 Å². The molecule has 1 aromatic heterocycles. The predicted molar refractivity (Wildman–Crippen MR) is 134 cm³/mol. The minimum absolute atomic E-state index is 0.0750. The standard InChI is InChI=1S/C27H34N2O5/c1-4-6-15-28(16-7-5-2)17-8-18-33-23-12-9-21(10-13-23)27(30)26-20(3)34-25-14-11-22(29(31)32)19-24(25)26/h9-14,19H,4-8,15-18H2,1-3H3. The third-order valence-electron chi connectivity index (χ3n) is 5.95. The number of benzene rings is 2. The zero-order valence-electron chi connectivity index (χ0n) is 20.3. The molecule has 34 heavy (non-hydrogen) atoms. The lowest BCUT2D eigenvalue weighted by atomic mass is 10.00. The number of ether oxygens (including phenoxy) is 1. The number of non-ortho nitro benzene ring substituents is 1. The molecule has 0 N–H and O–H groups in total. The molecule has 0 amide bonds. The van der Waals surface area contributed by atoms with Gasteiger partial charge in [-0.05, 0) is 69.6 Å². The fourth-order valence-electron chi connectivity index (χ4n) is 4.03. The summed E-state index contributed by atoms with van der Waals surface area (Å²) in [6.07, 6.45) is 5.80. The summed E-state index contributed by atoms with van der Waals surface area (Å²) >= 11 is 0. The van der Waals surface area contributed by atoms with Crippen molar-refractivity contribution in [1.29, 1.82) is 0 Å². The second-order valence-corrected chi connectivity index (χ2v) is 8.58. The first-order valence-corrected chi connectivity index (χ1v) is 12.1. The zero-order valence-corrected chi connectivity index (χ0v) is 20.3. The maximum Gasteiger partial charge on any atom is 0.270 e. The Morgan fingerprint density at radius 1 is 1.00 bits per heavy atom. The number of carbonyl (C=O) groups excluding carboxylic acids is 1. The third kappa shape index (κ3) is 6.44. The van der Waals surface area contributed by atoms with E-state index in [0.29, 0.717) is 34.5 Å². The van der Waals surface area contributed by atoms with Crippen molar-refractivity contribution in [3.63, 3.8) is 0 Å². The summed E-state index contributed by atoms with van der Waals surface area (Å²) in [5, 5.41) is 11.6. The second kappa shape index (κ2) is 12.3. The molecule has 0 spiro atoms. The Bertz CT molecular complexity index is 1100. The van der Waals surface area contributed by atoms with Crippen LogP contribution in [-0.4, -0.2) is 41.8 Å². The average Bonchev–Trinajstić information content (AvgIpc) is 3.17. The van der Waals surface area contributed by atoms with Gasteiger partial charge in [-0.15, -0.1) is 0 Å². The minimum atomic E-state index is -0.477. The van der Waals surface area contributed by atoms with Crippen molar-refractivity contribution in [1.82, 2.24) is 4.90 Å². The molecule has 0 fully saturated rings. The van der Waals surface area contributed by atoms with E-state index in [1.807, 2.05) is 0 Å². The molecule has 0 aliphatic heterocycles. The number of nitro benzene ring substituents is 1. The van der Waals surface area contributed by atoms with E-state index in [2.05, 4.69) is 18.7 Å². The van der Waals surface area contributed by atoms with Gasteiger partial charge in [0, 0.05) is 29.6 Å². The van der Waals surface area contributed by atoms with Crippen molar-refractivity contribution >= 4 is 22.4 Å². The molecule has 0 saturated heterocycles. The summed E-state index contributed by atoms with van der Waals surface area (Å²) in [6.45, 7) is 10.1. The molecule has 0 aliphatic carbocycles. The number of fused-ring (bicyclic) bond motifs is 1. The van der Waals surface area contributed by atoms with E-state index in [0.717, 1.165) is 31.8 Å². The van der Waals surface area contributed by atoms with Crippen LogP contribution in [0.25, 0.3) is 11.0 Å². The van der Waals surface area contributed by atoms with Crippen LogP contribution < -0.4 is 4.74 Å². The van der Waals surface area contributed by atoms with Crippen LogP contribution >= 0.6 is 0 Å². The zero-order chi connectivity index (χ0) is 24.5. The lowest BCUT2D eigenvalue weighted by molar-refractivity contribution is -0.384. The molecule has 182 valence electrons. The Kier molecular flexibility index (Phi) is 9.22. The number of nitrogens with zero attached hydrogens (tertiary/aromatic N) is 2. The van der Waals surface area contributed by atoms with Gasteiger partial charge < -0.3 is 14.1 Å². The summed E-state index contributed by atoms with van der Waals surface area (Å²) in [4.78, 5) is 26.4. The monoisotopic (exact) mass is 466 g/mol. The fraction of sp³-hybridized carbons (Fsp3) is 0.444. The minimum Gasteiger partial charge on any atom is -0.494 e. The van der Waals surface area contributed by atoms with E-state index in [-0.39, 0.29) is 11.5 Å². The van der Waals surface area contributed by atoms with Crippen LogP contribution in [0.3, 0.4) is 0 Å². The van der Waals surface area contributed by atoms with Gasteiger partial charge in [-0.3, -0.25) is 14.9 Å². The molecule has 7 heteroatoms. The Morgan fingerprint density at radius 2 is 1.65 bits per heavy atom. The molecule has 2 aromatic carbocycles. The molecular weight excluding hydrogens is 432 g/mol. The first-order valence-electron chi connectivity index (χ1n) is 12.1. The van der Waals surface area contributed by atoms with Gasteiger partial charge in [-0.25, -0.2) is 0 Å². The molecule has 3 aromatic rings. The Morgan fingerprint density at radius 3 is 2.26 bits per heavy atom. The number of hydrogen-bond donors (Lipinski definition) is 0. The summed E-state index contributed by atoms with van der Waals surface area (Å²) in [5.41, 5.74) is 1.22. The van der Waals surface area contributed by atoms with Crippen molar-refractivity contribution < 1.29 is 18.9 Å². The van der Waals surface area contributed by atoms with Crippen molar-refractivity contribution in [3.05, 3.63) is 69.5 Å².